The minimum atomic E-state index is 0.0341. The number of ketones is 2. The molecule has 190 valence electrons. The van der Waals surface area contributed by atoms with E-state index >= 15 is 0 Å². The fourth-order valence-electron chi connectivity index (χ4n) is 4.09. The lowest BCUT2D eigenvalue weighted by atomic mass is 10.1. The van der Waals surface area contributed by atoms with E-state index in [1.54, 1.807) is 14.2 Å². The SMILES string of the molecule is COc1ccc(CC(=O)CCl)cc1.COc1ccc(CC(=O)CNC2CCc3cc(Br)ccc32)cc1. The van der Waals surface area contributed by atoms with Crippen molar-refractivity contribution in [1.82, 2.24) is 5.32 Å². The summed E-state index contributed by atoms with van der Waals surface area (Å²) < 4.78 is 11.2. The monoisotopic (exact) mass is 571 g/mol. The first-order chi connectivity index (χ1) is 17.4. The second kappa shape index (κ2) is 14.2. The number of ether oxygens (including phenoxy) is 2. The number of Topliss-reactive ketones (excluding diaryl/α,β-unsaturated/α-hetero) is 2. The average molecular weight is 573 g/mol. The number of nitrogens with one attached hydrogen (secondary N) is 1. The van der Waals surface area contributed by atoms with Crippen LogP contribution in [0.1, 0.15) is 34.7 Å². The number of alkyl halides is 1. The Balaban J connectivity index is 0.000000236. The summed E-state index contributed by atoms with van der Waals surface area (Å²) in [6.07, 6.45) is 2.98. The van der Waals surface area contributed by atoms with Gasteiger partial charge in [-0.2, -0.15) is 0 Å². The summed E-state index contributed by atoms with van der Waals surface area (Å²) in [4.78, 5) is 23.2. The summed E-state index contributed by atoms with van der Waals surface area (Å²) in [7, 11) is 3.25. The molecule has 1 aliphatic carbocycles. The molecule has 0 aliphatic heterocycles. The highest BCUT2D eigenvalue weighted by Gasteiger charge is 2.22. The topological polar surface area (TPSA) is 64.6 Å². The number of methoxy groups -OCH3 is 2. The molecule has 0 saturated heterocycles. The molecule has 0 fully saturated rings. The quantitative estimate of drug-likeness (QED) is 0.307. The van der Waals surface area contributed by atoms with Crippen molar-refractivity contribution < 1.29 is 19.1 Å². The van der Waals surface area contributed by atoms with Gasteiger partial charge in [-0.1, -0.05) is 46.3 Å². The molecule has 1 atom stereocenters. The number of carbonyl (C=O) groups is 2. The van der Waals surface area contributed by atoms with Gasteiger partial charge in [-0.05, 0) is 71.5 Å². The first-order valence-corrected chi connectivity index (χ1v) is 13.1. The largest absolute Gasteiger partial charge is 0.497 e. The van der Waals surface area contributed by atoms with Gasteiger partial charge in [0, 0.05) is 23.4 Å². The van der Waals surface area contributed by atoms with Gasteiger partial charge in [0.05, 0.1) is 26.6 Å². The Morgan fingerprint density at radius 3 is 1.97 bits per heavy atom. The maximum atomic E-state index is 12.2. The molecule has 0 radical (unpaired) electrons. The van der Waals surface area contributed by atoms with Crippen molar-refractivity contribution in [3.8, 4) is 11.5 Å². The summed E-state index contributed by atoms with van der Waals surface area (Å²) in [5.41, 5.74) is 4.68. The van der Waals surface area contributed by atoms with Gasteiger partial charge in [0.1, 0.15) is 11.5 Å². The van der Waals surface area contributed by atoms with Crippen molar-refractivity contribution in [1.29, 1.82) is 0 Å². The van der Waals surface area contributed by atoms with Gasteiger partial charge in [-0.25, -0.2) is 0 Å². The summed E-state index contributed by atoms with van der Waals surface area (Å²) in [6.45, 7) is 0.409. The van der Waals surface area contributed by atoms with Gasteiger partial charge >= 0.3 is 0 Å². The van der Waals surface area contributed by atoms with Crippen molar-refractivity contribution in [3.05, 3.63) is 93.5 Å². The highest BCUT2D eigenvalue weighted by Crippen LogP contribution is 2.32. The van der Waals surface area contributed by atoms with Crippen LogP contribution in [-0.2, 0) is 28.9 Å². The lowest BCUT2D eigenvalue weighted by Gasteiger charge is -2.13. The van der Waals surface area contributed by atoms with Crippen LogP contribution < -0.4 is 14.8 Å². The van der Waals surface area contributed by atoms with Crippen LogP contribution in [0.15, 0.2) is 71.2 Å². The molecule has 0 bridgehead atoms. The molecule has 0 spiro atoms. The molecular formula is C29H31BrClNO4. The molecular weight excluding hydrogens is 542 g/mol. The van der Waals surface area contributed by atoms with Gasteiger partial charge in [0.25, 0.3) is 0 Å². The molecule has 5 nitrogen and oxygen atoms in total. The fourth-order valence-corrected chi connectivity index (χ4v) is 4.59. The minimum Gasteiger partial charge on any atom is -0.497 e. The van der Waals surface area contributed by atoms with E-state index in [4.69, 9.17) is 21.1 Å². The van der Waals surface area contributed by atoms with Crippen molar-refractivity contribution >= 4 is 39.1 Å². The number of aryl methyl sites for hydroxylation is 1. The summed E-state index contributed by atoms with van der Waals surface area (Å²) in [5, 5.41) is 3.41. The van der Waals surface area contributed by atoms with Crippen LogP contribution in [0.5, 0.6) is 11.5 Å². The van der Waals surface area contributed by atoms with Crippen molar-refractivity contribution in [2.75, 3.05) is 26.6 Å². The molecule has 0 aromatic heterocycles. The van der Waals surface area contributed by atoms with E-state index in [1.165, 1.54) is 11.1 Å². The van der Waals surface area contributed by atoms with Crippen LogP contribution in [0.25, 0.3) is 0 Å². The van der Waals surface area contributed by atoms with Crippen LogP contribution in [0.2, 0.25) is 0 Å². The highest BCUT2D eigenvalue weighted by molar-refractivity contribution is 9.10. The van der Waals surface area contributed by atoms with Crippen LogP contribution in [0.3, 0.4) is 0 Å². The van der Waals surface area contributed by atoms with Gasteiger partial charge in [-0.3, -0.25) is 9.59 Å². The van der Waals surface area contributed by atoms with E-state index in [0.29, 0.717) is 19.4 Å². The third-order valence-corrected chi connectivity index (χ3v) is 6.79. The van der Waals surface area contributed by atoms with Gasteiger partial charge < -0.3 is 14.8 Å². The molecule has 0 amide bonds. The zero-order chi connectivity index (χ0) is 25.9. The first-order valence-electron chi connectivity index (χ1n) is 11.8. The lowest BCUT2D eigenvalue weighted by molar-refractivity contribution is -0.118. The zero-order valence-corrected chi connectivity index (χ0v) is 22.9. The van der Waals surface area contributed by atoms with Crippen LogP contribution >= 0.6 is 27.5 Å². The standard InChI is InChI=1S/C19H20BrNO2.C10H11ClO2/c1-23-17-6-2-13(3-7-17)10-16(22)12-21-19-9-4-14-11-15(20)5-8-18(14)19;1-13-10-4-2-8(3-5-10)6-9(12)7-11/h2-3,5-8,11,19,21H,4,9-10,12H2,1H3;2-5H,6-7H2,1H3. The average Bonchev–Trinajstić information content (AvgIpc) is 3.30. The Morgan fingerprint density at radius 2 is 1.44 bits per heavy atom. The molecule has 7 heteroatoms. The zero-order valence-electron chi connectivity index (χ0n) is 20.6. The number of fused-ring (bicyclic) bond motifs is 1. The normalized spacial score (nSPS) is 13.8. The molecule has 3 aromatic rings. The van der Waals surface area contributed by atoms with Gasteiger partial charge in [0.2, 0.25) is 0 Å². The third-order valence-electron chi connectivity index (χ3n) is 6.00. The molecule has 1 unspecified atom stereocenters. The number of benzene rings is 3. The van der Waals surface area contributed by atoms with Crippen LogP contribution in [0.4, 0.5) is 0 Å². The Morgan fingerprint density at radius 1 is 0.889 bits per heavy atom. The number of rotatable bonds is 10. The van der Waals surface area contributed by atoms with E-state index in [-0.39, 0.29) is 23.5 Å². The van der Waals surface area contributed by atoms with Crippen LogP contribution in [-0.4, -0.2) is 38.2 Å². The predicted octanol–water partition coefficient (Wildman–Crippen LogP) is 5.89. The molecule has 4 rings (SSSR count). The summed E-state index contributed by atoms with van der Waals surface area (Å²) >= 11 is 8.90. The van der Waals surface area contributed by atoms with E-state index in [1.807, 2.05) is 48.5 Å². The molecule has 3 aromatic carbocycles. The second-order valence-electron chi connectivity index (χ2n) is 8.58. The third kappa shape index (κ3) is 8.47. The Labute approximate surface area is 226 Å². The molecule has 1 aliphatic rings. The summed E-state index contributed by atoms with van der Waals surface area (Å²) in [6, 6.07) is 21.7. The predicted molar refractivity (Wildman–Crippen MR) is 147 cm³/mol. The Hall–Kier alpha value is -2.67. The van der Waals surface area contributed by atoms with Crippen molar-refractivity contribution in [2.24, 2.45) is 0 Å². The smallest absolute Gasteiger partial charge is 0.151 e. The number of halogens is 2. The van der Waals surface area contributed by atoms with E-state index < -0.39 is 0 Å². The number of hydrogen-bond donors (Lipinski definition) is 1. The maximum Gasteiger partial charge on any atom is 0.151 e. The number of carbonyl (C=O) groups excluding carboxylic acids is 2. The van der Waals surface area contributed by atoms with E-state index in [9.17, 15) is 9.59 Å². The number of hydrogen-bond acceptors (Lipinski definition) is 5. The molecule has 0 heterocycles. The molecule has 36 heavy (non-hydrogen) atoms. The second-order valence-corrected chi connectivity index (χ2v) is 9.76. The highest BCUT2D eigenvalue weighted by atomic mass is 79.9. The molecule has 0 saturated carbocycles. The summed E-state index contributed by atoms with van der Waals surface area (Å²) in [5.74, 6) is 1.93. The first kappa shape index (κ1) is 27.9. The van der Waals surface area contributed by atoms with Crippen molar-refractivity contribution in [2.45, 2.75) is 31.7 Å². The molecule has 1 N–H and O–H groups in total. The maximum absolute atomic E-state index is 12.2. The van der Waals surface area contributed by atoms with Crippen molar-refractivity contribution in [3.63, 3.8) is 0 Å². The van der Waals surface area contributed by atoms with E-state index in [2.05, 4.69) is 39.4 Å². The van der Waals surface area contributed by atoms with E-state index in [0.717, 1.165) is 39.9 Å². The van der Waals surface area contributed by atoms with Crippen LogP contribution in [0, 0.1) is 0 Å². The fraction of sp³-hybridized carbons (Fsp3) is 0.310. The Bertz CT molecular complexity index is 1150. The lowest BCUT2D eigenvalue weighted by Crippen LogP contribution is -2.27. The minimum absolute atomic E-state index is 0.0341. The van der Waals surface area contributed by atoms with Gasteiger partial charge in [-0.15, -0.1) is 11.6 Å². The Kier molecular flexibility index (Phi) is 11.0. The van der Waals surface area contributed by atoms with Gasteiger partial charge in [0.15, 0.2) is 11.6 Å².